The van der Waals surface area contributed by atoms with Gasteiger partial charge in [-0.2, -0.15) is 0 Å². The van der Waals surface area contributed by atoms with Gasteiger partial charge in [-0.05, 0) is 35.6 Å². The highest BCUT2D eigenvalue weighted by Gasteiger charge is 2.03. The van der Waals surface area contributed by atoms with Crippen LogP contribution in [-0.2, 0) is 0 Å². The van der Waals surface area contributed by atoms with Gasteiger partial charge in [0.2, 0.25) is 0 Å². The van der Waals surface area contributed by atoms with E-state index in [1.807, 2.05) is 13.0 Å². The van der Waals surface area contributed by atoms with Crippen molar-refractivity contribution < 1.29 is 4.52 Å². The SMILES string of the molecule is Cc1noc2ncc(I)cc12. The molecule has 0 N–H and O–H groups in total. The summed E-state index contributed by atoms with van der Waals surface area (Å²) in [4.78, 5) is 4.06. The first-order valence-corrected chi connectivity index (χ1v) is 4.23. The average Bonchev–Trinajstić information content (AvgIpc) is 2.33. The van der Waals surface area contributed by atoms with E-state index in [4.69, 9.17) is 4.52 Å². The van der Waals surface area contributed by atoms with Crippen LogP contribution in [0.3, 0.4) is 0 Å². The van der Waals surface area contributed by atoms with Crippen LogP contribution in [0.5, 0.6) is 0 Å². The first-order valence-electron chi connectivity index (χ1n) is 3.15. The lowest BCUT2D eigenvalue weighted by atomic mass is 10.3. The quantitative estimate of drug-likeness (QED) is 0.681. The Kier molecular flexibility index (Phi) is 1.56. The molecule has 0 fully saturated rings. The monoisotopic (exact) mass is 260 g/mol. The zero-order valence-corrected chi connectivity index (χ0v) is 7.99. The maximum Gasteiger partial charge on any atom is 0.257 e. The molecule has 0 unspecified atom stereocenters. The van der Waals surface area contributed by atoms with Gasteiger partial charge in [0.1, 0.15) is 0 Å². The molecule has 56 valence electrons. The molecule has 0 spiro atoms. The van der Waals surface area contributed by atoms with Gasteiger partial charge < -0.3 is 4.52 Å². The summed E-state index contributed by atoms with van der Waals surface area (Å²) >= 11 is 2.21. The number of hydrogen-bond donors (Lipinski definition) is 0. The van der Waals surface area contributed by atoms with Crippen molar-refractivity contribution in [1.29, 1.82) is 0 Å². The molecule has 0 aliphatic carbocycles. The number of halogens is 1. The highest BCUT2D eigenvalue weighted by Crippen LogP contribution is 2.17. The molecule has 2 rings (SSSR count). The number of fused-ring (bicyclic) bond motifs is 1. The number of pyridine rings is 1. The molecule has 0 aliphatic rings. The number of rotatable bonds is 0. The molecule has 0 amide bonds. The molecule has 3 nitrogen and oxygen atoms in total. The maximum absolute atomic E-state index is 4.94. The lowest BCUT2D eigenvalue weighted by Crippen LogP contribution is -1.76. The summed E-state index contributed by atoms with van der Waals surface area (Å²) in [5.74, 6) is 0. The predicted molar refractivity (Wildman–Crippen MR) is 49.3 cm³/mol. The second-order valence-corrected chi connectivity index (χ2v) is 3.52. The van der Waals surface area contributed by atoms with Gasteiger partial charge in [0.05, 0.1) is 11.1 Å². The lowest BCUT2D eigenvalue weighted by Gasteiger charge is -1.87. The predicted octanol–water partition coefficient (Wildman–Crippen LogP) is 2.14. The van der Waals surface area contributed by atoms with Crippen molar-refractivity contribution in [2.24, 2.45) is 0 Å². The molecule has 0 saturated carbocycles. The van der Waals surface area contributed by atoms with Crippen LogP contribution in [0, 0.1) is 10.5 Å². The summed E-state index contributed by atoms with van der Waals surface area (Å²) in [6, 6.07) is 2.01. The Hall–Kier alpha value is -0.650. The highest BCUT2D eigenvalue weighted by molar-refractivity contribution is 14.1. The van der Waals surface area contributed by atoms with Gasteiger partial charge in [-0.15, -0.1) is 0 Å². The minimum atomic E-state index is 0.614. The number of nitrogens with zero attached hydrogens (tertiary/aromatic N) is 2. The Morgan fingerprint density at radius 2 is 2.36 bits per heavy atom. The van der Waals surface area contributed by atoms with Gasteiger partial charge in [0.15, 0.2) is 0 Å². The third-order valence-corrected chi connectivity index (χ3v) is 2.07. The van der Waals surface area contributed by atoms with E-state index in [9.17, 15) is 0 Å². The zero-order valence-electron chi connectivity index (χ0n) is 5.84. The normalized spacial score (nSPS) is 10.7. The van der Waals surface area contributed by atoms with Crippen molar-refractivity contribution in [3.63, 3.8) is 0 Å². The van der Waals surface area contributed by atoms with E-state index in [1.54, 1.807) is 6.20 Å². The van der Waals surface area contributed by atoms with Crippen molar-refractivity contribution in [2.75, 3.05) is 0 Å². The molecule has 0 aromatic carbocycles. The van der Waals surface area contributed by atoms with Crippen LogP contribution in [0.4, 0.5) is 0 Å². The number of hydrogen-bond acceptors (Lipinski definition) is 3. The number of aromatic nitrogens is 2. The first-order chi connectivity index (χ1) is 5.27. The topological polar surface area (TPSA) is 38.9 Å². The summed E-state index contributed by atoms with van der Waals surface area (Å²) < 4.78 is 6.04. The zero-order chi connectivity index (χ0) is 7.84. The van der Waals surface area contributed by atoms with Crippen LogP contribution in [0.25, 0.3) is 11.1 Å². The molecule has 2 heterocycles. The van der Waals surface area contributed by atoms with Crippen molar-refractivity contribution >= 4 is 33.7 Å². The third kappa shape index (κ3) is 1.11. The molecule has 11 heavy (non-hydrogen) atoms. The highest BCUT2D eigenvalue weighted by atomic mass is 127. The average molecular weight is 260 g/mol. The molecule has 0 aliphatic heterocycles. The molecule has 0 saturated heterocycles. The lowest BCUT2D eigenvalue weighted by molar-refractivity contribution is 0.443. The van der Waals surface area contributed by atoms with Crippen LogP contribution in [0.1, 0.15) is 5.69 Å². The molecular formula is C7H5IN2O. The summed E-state index contributed by atoms with van der Waals surface area (Å²) in [7, 11) is 0. The second-order valence-electron chi connectivity index (χ2n) is 2.27. The minimum absolute atomic E-state index is 0.614. The van der Waals surface area contributed by atoms with E-state index in [0.29, 0.717) is 5.71 Å². The fourth-order valence-corrected chi connectivity index (χ4v) is 1.37. The molecular weight excluding hydrogens is 255 g/mol. The summed E-state index contributed by atoms with van der Waals surface area (Å²) in [6.45, 7) is 1.91. The summed E-state index contributed by atoms with van der Waals surface area (Å²) in [5.41, 5.74) is 1.51. The van der Waals surface area contributed by atoms with Crippen molar-refractivity contribution in [3.8, 4) is 0 Å². The summed E-state index contributed by atoms with van der Waals surface area (Å²) in [6.07, 6.45) is 1.76. The molecule has 2 aromatic heterocycles. The Morgan fingerprint density at radius 3 is 3.18 bits per heavy atom. The fraction of sp³-hybridized carbons (Fsp3) is 0.143. The van der Waals surface area contributed by atoms with Crippen molar-refractivity contribution in [2.45, 2.75) is 6.92 Å². The standard InChI is InChI=1S/C7H5IN2O/c1-4-6-2-5(8)3-9-7(6)11-10-4/h2-3H,1H3. The van der Waals surface area contributed by atoms with Crippen LogP contribution >= 0.6 is 22.6 Å². The smallest absolute Gasteiger partial charge is 0.257 e. The largest absolute Gasteiger partial charge is 0.336 e. The Bertz CT molecular complexity index is 396. The second kappa shape index (κ2) is 2.44. The molecule has 2 aromatic rings. The van der Waals surface area contributed by atoms with Gasteiger partial charge in [0.25, 0.3) is 5.71 Å². The Morgan fingerprint density at radius 1 is 1.55 bits per heavy atom. The van der Waals surface area contributed by atoms with Gasteiger partial charge in [0, 0.05) is 9.77 Å². The molecule has 0 radical (unpaired) electrons. The molecule has 0 atom stereocenters. The summed E-state index contributed by atoms with van der Waals surface area (Å²) in [5, 5.41) is 4.79. The van der Waals surface area contributed by atoms with Crippen molar-refractivity contribution in [1.82, 2.24) is 10.1 Å². The maximum atomic E-state index is 4.94. The van der Waals surface area contributed by atoms with Crippen LogP contribution in [0.15, 0.2) is 16.8 Å². The Labute approximate surface area is 76.9 Å². The van der Waals surface area contributed by atoms with E-state index in [0.717, 1.165) is 14.7 Å². The van der Waals surface area contributed by atoms with Crippen LogP contribution < -0.4 is 0 Å². The third-order valence-electron chi connectivity index (χ3n) is 1.48. The Balaban J connectivity index is 2.87. The van der Waals surface area contributed by atoms with Crippen LogP contribution in [0.2, 0.25) is 0 Å². The van der Waals surface area contributed by atoms with E-state index in [2.05, 4.69) is 32.7 Å². The van der Waals surface area contributed by atoms with E-state index in [-0.39, 0.29) is 0 Å². The minimum Gasteiger partial charge on any atom is -0.336 e. The van der Waals surface area contributed by atoms with Gasteiger partial charge in [-0.3, -0.25) is 0 Å². The van der Waals surface area contributed by atoms with Gasteiger partial charge >= 0.3 is 0 Å². The van der Waals surface area contributed by atoms with Gasteiger partial charge in [-0.1, -0.05) is 5.16 Å². The van der Waals surface area contributed by atoms with E-state index < -0.39 is 0 Å². The van der Waals surface area contributed by atoms with Gasteiger partial charge in [-0.25, -0.2) is 4.98 Å². The van der Waals surface area contributed by atoms with Crippen molar-refractivity contribution in [3.05, 3.63) is 21.5 Å². The van der Waals surface area contributed by atoms with E-state index >= 15 is 0 Å². The molecule has 0 bridgehead atoms. The number of aryl methyl sites for hydroxylation is 1. The molecule has 4 heteroatoms. The van der Waals surface area contributed by atoms with Crippen LogP contribution in [-0.4, -0.2) is 10.1 Å². The first kappa shape index (κ1) is 7.02. The fourth-order valence-electron chi connectivity index (χ4n) is 0.920. The van der Waals surface area contributed by atoms with E-state index in [1.165, 1.54) is 0 Å².